The Morgan fingerprint density at radius 2 is 2.02 bits per heavy atom. The van der Waals surface area contributed by atoms with E-state index in [0.717, 1.165) is 32.2 Å². The highest BCUT2D eigenvalue weighted by molar-refractivity contribution is 6.03. The first kappa shape index (κ1) is 28.3. The predicted octanol–water partition coefficient (Wildman–Crippen LogP) is 5.05. The average Bonchev–Trinajstić information content (AvgIpc) is 3.68. The monoisotopic (exact) mass is 632 g/mol. The lowest BCUT2D eigenvalue weighted by molar-refractivity contribution is 0.107. The van der Waals surface area contributed by atoms with Gasteiger partial charge in [-0.05, 0) is 73.2 Å². The van der Waals surface area contributed by atoms with Crippen molar-refractivity contribution in [2.75, 3.05) is 37.7 Å². The van der Waals surface area contributed by atoms with E-state index in [-0.39, 0.29) is 59.1 Å². The molecule has 2 aromatic carbocycles. The van der Waals surface area contributed by atoms with E-state index in [1.807, 2.05) is 6.92 Å². The van der Waals surface area contributed by atoms with E-state index >= 15 is 8.78 Å². The summed E-state index contributed by atoms with van der Waals surface area (Å²) >= 11 is 0. The number of ether oxygens (including phenoxy) is 2. The van der Waals surface area contributed by atoms with Crippen LogP contribution >= 0.6 is 0 Å². The van der Waals surface area contributed by atoms with Crippen molar-refractivity contribution in [3.05, 3.63) is 41.5 Å². The quantitative estimate of drug-likeness (QED) is 0.314. The molecule has 4 fully saturated rings. The summed E-state index contributed by atoms with van der Waals surface area (Å²) in [4.78, 5) is 18.6. The number of rotatable bonds is 5. The molecule has 2 N–H and O–H groups in total. The summed E-state index contributed by atoms with van der Waals surface area (Å²) in [5.74, 6) is -0.568. The predicted molar refractivity (Wildman–Crippen MR) is 166 cm³/mol. The molecule has 12 heteroatoms. The molecule has 9 nitrogen and oxygen atoms in total. The molecule has 9 rings (SSSR count). The largest absolute Gasteiger partial charge is 0.508 e. The van der Waals surface area contributed by atoms with Crippen LogP contribution in [0.15, 0.2) is 24.3 Å². The van der Waals surface area contributed by atoms with Gasteiger partial charge in [-0.25, -0.2) is 18.2 Å². The van der Waals surface area contributed by atoms with Crippen LogP contribution in [0.2, 0.25) is 0 Å². The lowest BCUT2D eigenvalue weighted by atomic mass is 9.94. The molecule has 5 aliphatic rings. The second-order valence-electron chi connectivity index (χ2n) is 13.5. The maximum atomic E-state index is 17.1. The standard InChI is InChI=1S/C34H35F3N6O3/c1-2-21-23(36)6-4-17-10-20(44)11-22(26(17)21)29-28(37)30-27-31(43-14-19-5-7-24(38-19)25(43)15-45-32(27)39-29)41-33(40-30)46-16-34-8-3-9-42(34)13-18(35)12-34/h4,6,10-11,18-19,24-25,38,44H,2-3,5,7-9,12-16H2,1H3/t18-,19-,24+,25+,34-/m1/s1. The van der Waals surface area contributed by atoms with Gasteiger partial charge in [0.05, 0.1) is 11.6 Å². The topological polar surface area (TPSA) is 95.9 Å². The summed E-state index contributed by atoms with van der Waals surface area (Å²) in [5, 5.41) is 15.8. The van der Waals surface area contributed by atoms with Crippen molar-refractivity contribution in [2.24, 2.45) is 0 Å². The SMILES string of the molecule is CCc1c(F)ccc2cc(O)cc(-c3nc4c5c(nc(OC[C@]67CCCN6C[C@H](F)C7)nc5c3F)N3C[C@H]5CC[C@H](N5)[C@@H]3CO4)c12. The molecule has 0 saturated carbocycles. The molecule has 5 atom stereocenters. The van der Waals surface area contributed by atoms with Gasteiger partial charge in [-0.2, -0.15) is 9.97 Å². The minimum Gasteiger partial charge on any atom is -0.508 e. The van der Waals surface area contributed by atoms with Crippen LogP contribution in [-0.4, -0.2) is 87.6 Å². The zero-order chi connectivity index (χ0) is 31.3. The van der Waals surface area contributed by atoms with Gasteiger partial charge in [0, 0.05) is 37.2 Å². The van der Waals surface area contributed by atoms with Gasteiger partial charge in [0.1, 0.15) is 53.4 Å². The molecule has 0 radical (unpaired) electrons. The molecular formula is C34H35F3N6O3. The smallest absolute Gasteiger partial charge is 0.319 e. The zero-order valence-electron chi connectivity index (χ0n) is 25.5. The van der Waals surface area contributed by atoms with Crippen molar-refractivity contribution in [1.29, 1.82) is 0 Å². The highest BCUT2D eigenvalue weighted by Gasteiger charge is 2.50. The summed E-state index contributed by atoms with van der Waals surface area (Å²) in [6.45, 7) is 4.21. The highest BCUT2D eigenvalue weighted by atomic mass is 19.1. The Morgan fingerprint density at radius 3 is 2.89 bits per heavy atom. The number of nitrogens with zero attached hydrogens (tertiary/aromatic N) is 5. The highest BCUT2D eigenvalue weighted by Crippen LogP contribution is 2.45. The van der Waals surface area contributed by atoms with E-state index in [2.05, 4.69) is 20.1 Å². The minimum atomic E-state index is -0.913. The van der Waals surface area contributed by atoms with E-state index in [0.29, 0.717) is 60.1 Å². The number of hydrogen-bond acceptors (Lipinski definition) is 9. The van der Waals surface area contributed by atoms with Crippen molar-refractivity contribution in [2.45, 2.75) is 75.3 Å². The Labute approximate surface area is 263 Å². The number of benzene rings is 2. The maximum absolute atomic E-state index is 17.1. The summed E-state index contributed by atoms with van der Waals surface area (Å²) in [6, 6.07) is 6.25. The van der Waals surface area contributed by atoms with Gasteiger partial charge in [0.25, 0.3) is 0 Å². The lowest BCUT2D eigenvalue weighted by Gasteiger charge is -2.40. The molecule has 46 heavy (non-hydrogen) atoms. The number of aromatic hydroxyl groups is 1. The molecule has 240 valence electrons. The molecule has 0 spiro atoms. The molecule has 0 amide bonds. The molecule has 0 aliphatic carbocycles. The second kappa shape index (κ2) is 10.3. The Morgan fingerprint density at radius 1 is 1.13 bits per heavy atom. The Hall–Kier alpha value is -3.90. The Kier molecular flexibility index (Phi) is 6.34. The van der Waals surface area contributed by atoms with Crippen molar-refractivity contribution < 1.29 is 27.8 Å². The maximum Gasteiger partial charge on any atom is 0.319 e. The number of fused-ring (bicyclic) bond motifs is 7. The second-order valence-corrected chi connectivity index (χ2v) is 13.5. The minimum absolute atomic E-state index is 0.0145. The summed E-state index contributed by atoms with van der Waals surface area (Å²) in [7, 11) is 0. The fourth-order valence-electron chi connectivity index (χ4n) is 8.84. The van der Waals surface area contributed by atoms with Crippen LogP contribution in [-0.2, 0) is 6.42 Å². The van der Waals surface area contributed by atoms with Crippen molar-refractivity contribution in [1.82, 2.24) is 25.2 Å². The van der Waals surface area contributed by atoms with E-state index in [1.54, 1.807) is 6.07 Å². The number of phenols is 1. The van der Waals surface area contributed by atoms with Crippen molar-refractivity contribution in [3.63, 3.8) is 0 Å². The first-order valence-electron chi connectivity index (χ1n) is 16.3. The van der Waals surface area contributed by atoms with Crippen LogP contribution in [0, 0.1) is 11.6 Å². The number of alkyl halides is 1. The number of piperazine rings is 1. The first-order chi connectivity index (χ1) is 22.3. The van der Waals surface area contributed by atoms with Gasteiger partial charge in [0.2, 0.25) is 5.88 Å². The van der Waals surface area contributed by atoms with E-state index in [4.69, 9.17) is 19.4 Å². The molecular weight excluding hydrogens is 597 g/mol. The average molecular weight is 633 g/mol. The third-order valence-corrected chi connectivity index (χ3v) is 10.9. The fourth-order valence-corrected chi connectivity index (χ4v) is 8.84. The number of hydrogen-bond donors (Lipinski definition) is 2. The van der Waals surface area contributed by atoms with Gasteiger partial charge < -0.3 is 24.8 Å². The van der Waals surface area contributed by atoms with Crippen LogP contribution < -0.4 is 19.7 Å². The van der Waals surface area contributed by atoms with Crippen molar-refractivity contribution in [3.8, 4) is 28.9 Å². The van der Waals surface area contributed by atoms with E-state index in [9.17, 15) is 9.50 Å². The van der Waals surface area contributed by atoms with Crippen LogP contribution in [0.3, 0.4) is 0 Å². The third-order valence-electron chi connectivity index (χ3n) is 10.9. The Balaban J connectivity index is 1.24. The van der Waals surface area contributed by atoms with Gasteiger partial charge in [-0.3, -0.25) is 4.90 Å². The van der Waals surface area contributed by atoms with Crippen LogP contribution in [0.4, 0.5) is 19.0 Å². The fraction of sp³-hybridized carbons (Fsp3) is 0.500. The molecule has 0 unspecified atom stereocenters. The zero-order valence-corrected chi connectivity index (χ0v) is 25.5. The summed E-state index contributed by atoms with van der Waals surface area (Å²) < 4.78 is 59.3. The molecule has 7 heterocycles. The normalized spacial score (nSPS) is 28.4. The van der Waals surface area contributed by atoms with Crippen LogP contribution in [0.25, 0.3) is 32.9 Å². The summed E-state index contributed by atoms with van der Waals surface area (Å²) in [5.41, 5.74) is 0.0926. The van der Waals surface area contributed by atoms with Gasteiger partial charge in [-0.15, -0.1) is 0 Å². The van der Waals surface area contributed by atoms with E-state index < -0.39 is 23.3 Å². The molecule has 4 aromatic rings. The van der Waals surface area contributed by atoms with E-state index in [1.165, 1.54) is 18.2 Å². The first-order valence-corrected chi connectivity index (χ1v) is 16.3. The van der Waals surface area contributed by atoms with Crippen molar-refractivity contribution >= 4 is 27.5 Å². The van der Waals surface area contributed by atoms with Crippen LogP contribution in [0.5, 0.6) is 17.6 Å². The molecule has 5 aliphatic heterocycles. The molecule has 2 aromatic heterocycles. The molecule has 4 saturated heterocycles. The number of nitrogens with one attached hydrogen (secondary N) is 1. The number of anilines is 1. The summed E-state index contributed by atoms with van der Waals surface area (Å²) in [6.07, 6.45) is 3.62. The molecule has 2 bridgehead atoms. The lowest BCUT2D eigenvalue weighted by Crippen LogP contribution is -2.60. The van der Waals surface area contributed by atoms with Gasteiger partial charge >= 0.3 is 6.01 Å². The van der Waals surface area contributed by atoms with Gasteiger partial charge in [0.15, 0.2) is 5.82 Å². The van der Waals surface area contributed by atoms with Gasteiger partial charge in [-0.1, -0.05) is 13.0 Å². The Bertz CT molecular complexity index is 1910. The number of halogens is 3. The number of phenolic OH excluding ortho intramolecular Hbond substituents is 1. The third kappa shape index (κ3) is 4.18. The van der Waals surface area contributed by atoms with Crippen LogP contribution in [0.1, 0.15) is 44.6 Å². The number of aryl methyl sites for hydroxylation is 1. The number of aromatic nitrogens is 3. The number of pyridine rings is 1.